The minimum absolute atomic E-state index is 0.154. The average Bonchev–Trinajstić information content (AvgIpc) is 2.45. The van der Waals surface area contributed by atoms with Crippen molar-refractivity contribution in [3.8, 4) is 5.75 Å². The Kier molecular flexibility index (Phi) is 4.94. The largest absolute Gasteiger partial charge is 0.484 e. The van der Waals surface area contributed by atoms with Crippen LogP contribution in [0.2, 0.25) is 0 Å². The van der Waals surface area contributed by atoms with Crippen molar-refractivity contribution in [1.82, 2.24) is 0 Å². The zero-order valence-electron chi connectivity index (χ0n) is 10.9. The van der Waals surface area contributed by atoms with E-state index in [4.69, 9.17) is 9.84 Å². The molecule has 0 saturated carbocycles. The summed E-state index contributed by atoms with van der Waals surface area (Å²) >= 11 is 3.32. The summed E-state index contributed by atoms with van der Waals surface area (Å²) in [6.45, 7) is -0.154. The van der Waals surface area contributed by atoms with Crippen LogP contribution in [0.3, 0.4) is 0 Å². The predicted octanol–water partition coefficient (Wildman–Crippen LogP) is 3.16. The minimum atomic E-state index is -1.01. The Hall–Kier alpha value is -2.34. The first-order valence-corrected chi connectivity index (χ1v) is 6.85. The normalized spacial score (nSPS) is 9.95. The van der Waals surface area contributed by atoms with Gasteiger partial charge in [-0.25, -0.2) is 4.79 Å². The lowest BCUT2D eigenvalue weighted by molar-refractivity contribution is -0.118. The Morgan fingerprint density at radius 3 is 2.48 bits per heavy atom. The van der Waals surface area contributed by atoms with Crippen LogP contribution in [-0.2, 0) is 4.79 Å². The van der Waals surface area contributed by atoms with Crippen LogP contribution in [0, 0.1) is 0 Å². The highest BCUT2D eigenvalue weighted by molar-refractivity contribution is 9.10. The van der Waals surface area contributed by atoms with Crippen LogP contribution >= 0.6 is 15.9 Å². The molecule has 0 saturated heterocycles. The summed E-state index contributed by atoms with van der Waals surface area (Å²) < 4.78 is 6.15. The summed E-state index contributed by atoms with van der Waals surface area (Å²) in [5.74, 6) is -0.867. The second-order valence-corrected chi connectivity index (χ2v) is 5.09. The highest BCUT2D eigenvalue weighted by Crippen LogP contribution is 2.16. The summed E-state index contributed by atoms with van der Waals surface area (Å²) in [5, 5.41) is 11.5. The van der Waals surface area contributed by atoms with E-state index < -0.39 is 5.97 Å². The fraction of sp³-hybridized carbons (Fsp3) is 0.0667. The van der Waals surface area contributed by atoms with Gasteiger partial charge >= 0.3 is 5.97 Å². The van der Waals surface area contributed by atoms with Crippen molar-refractivity contribution in [2.24, 2.45) is 0 Å². The van der Waals surface area contributed by atoms with Crippen molar-refractivity contribution < 1.29 is 19.4 Å². The zero-order chi connectivity index (χ0) is 15.2. The standard InChI is InChI=1S/C15H12BrNO4/c16-11-2-1-3-12(8-11)17-14(18)9-21-13-6-4-10(5-7-13)15(19)20/h1-8H,9H2,(H,17,18)(H,19,20). The van der Waals surface area contributed by atoms with Crippen molar-refractivity contribution in [2.45, 2.75) is 0 Å². The van der Waals surface area contributed by atoms with Crippen LogP contribution in [-0.4, -0.2) is 23.6 Å². The van der Waals surface area contributed by atoms with Gasteiger partial charge in [-0.15, -0.1) is 0 Å². The second kappa shape index (κ2) is 6.90. The van der Waals surface area contributed by atoms with Crippen LogP contribution < -0.4 is 10.1 Å². The van der Waals surface area contributed by atoms with Gasteiger partial charge in [0.2, 0.25) is 0 Å². The molecule has 0 radical (unpaired) electrons. The highest BCUT2D eigenvalue weighted by atomic mass is 79.9. The van der Waals surface area contributed by atoms with Crippen molar-refractivity contribution >= 4 is 33.5 Å². The van der Waals surface area contributed by atoms with Gasteiger partial charge in [-0.1, -0.05) is 22.0 Å². The number of hydrogen-bond donors (Lipinski definition) is 2. The fourth-order valence-corrected chi connectivity index (χ4v) is 2.01. The molecule has 5 nitrogen and oxygen atoms in total. The number of halogens is 1. The van der Waals surface area contributed by atoms with E-state index in [-0.39, 0.29) is 18.1 Å². The van der Waals surface area contributed by atoms with Crippen molar-refractivity contribution in [1.29, 1.82) is 0 Å². The number of amides is 1. The SMILES string of the molecule is O=C(COc1ccc(C(=O)O)cc1)Nc1cccc(Br)c1. The lowest BCUT2D eigenvalue weighted by Gasteiger charge is -2.08. The molecule has 0 aromatic heterocycles. The quantitative estimate of drug-likeness (QED) is 0.869. The van der Waals surface area contributed by atoms with E-state index in [0.717, 1.165) is 4.47 Å². The second-order valence-electron chi connectivity index (χ2n) is 4.18. The summed E-state index contributed by atoms with van der Waals surface area (Å²) in [5.41, 5.74) is 0.833. The summed E-state index contributed by atoms with van der Waals surface area (Å²) in [6, 6.07) is 13.1. The molecular formula is C15H12BrNO4. The third-order valence-electron chi connectivity index (χ3n) is 2.58. The topological polar surface area (TPSA) is 75.6 Å². The maximum absolute atomic E-state index is 11.7. The van der Waals surface area contributed by atoms with Gasteiger partial charge in [0.1, 0.15) is 5.75 Å². The van der Waals surface area contributed by atoms with E-state index in [1.54, 1.807) is 12.1 Å². The first-order valence-electron chi connectivity index (χ1n) is 6.06. The van der Waals surface area contributed by atoms with Crippen molar-refractivity contribution in [2.75, 3.05) is 11.9 Å². The van der Waals surface area contributed by atoms with Gasteiger partial charge in [-0.2, -0.15) is 0 Å². The van der Waals surface area contributed by atoms with Crippen molar-refractivity contribution in [3.63, 3.8) is 0 Å². The Morgan fingerprint density at radius 2 is 1.86 bits per heavy atom. The number of hydrogen-bond acceptors (Lipinski definition) is 3. The van der Waals surface area contributed by atoms with Gasteiger partial charge in [-0.3, -0.25) is 4.79 Å². The highest BCUT2D eigenvalue weighted by Gasteiger charge is 2.05. The van der Waals surface area contributed by atoms with E-state index in [9.17, 15) is 9.59 Å². The summed E-state index contributed by atoms with van der Waals surface area (Å²) in [4.78, 5) is 22.4. The molecule has 0 fully saturated rings. The molecule has 0 bridgehead atoms. The number of rotatable bonds is 5. The van der Waals surface area contributed by atoms with E-state index in [1.165, 1.54) is 24.3 Å². The zero-order valence-corrected chi connectivity index (χ0v) is 12.5. The molecular weight excluding hydrogens is 338 g/mol. The smallest absolute Gasteiger partial charge is 0.335 e. The number of carbonyl (C=O) groups is 2. The van der Waals surface area contributed by atoms with Crippen LogP contribution in [0.25, 0.3) is 0 Å². The number of benzene rings is 2. The molecule has 6 heteroatoms. The number of nitrogens with one attached hydrogen (secondary N) is 1. The predicted molar refractivity (Wildman–Crippen MR) is 81.7 cm³/mol. The molecule has 1 amide bonds. The molecule has 0 unspecified atom stereocenters. The molecule has 2 aromatic carbocycles. The summed E-state index contributed by atoms with van der Waals surface area (Å²) in [6.07, 6.45) is 0. The molecule has 0 atom stereocenters. The van der Waals surface area contributed by atoms with Crippen molar-refractivity contribution in [3.05, 3.63) is 58.6 Å². The van der Waals surface area contributed by atoms with Crippen LogP contribution in [0.5, 0.6) is 5.75 Å². The number of carboxylic acid groups (broad SMARTS) is 1. The first-order chi connectivity index (χ1) is 10.0. The lowest BCUT2D eigenvalue weighted by atomic mass is 10.2. The van der Waals surface area contributed by atoms with E-state index >= 15 is 0 Å². The third-order valence-corrected chi connectivity index (χ3v) is 3.07. The monoisotopic (exact) mass is 349 g/mol. The van der Waals surface area contributed by atoms with Gasteiger partial charge in [-0.05, 0) is 42.5 Å². The number of carbonyl (C=O) groups excluding carboxylic acids is 1. The molecule has 2 rings (SSSR count). The molecule has 0 spiro atoms. The minimum Gasteiger partial charge on any atom is -0.484 e. The van der Waals surface area contributed by atoms with Crippen LogP contribution in [0.4, 0.5) is 5.69 Å². The van der Waals surface area contributed by atoms with Gasteiger partial charge in [0.05, 0.1) is 5.56 Å². The fourth-order valence-electron chi connectivity index (χ4n) is 1.61. The Morgan fingerprint density at radius 1 is 1.14 bits per heavy atom. The molecule has 21 heavy (non-hydrogen) atoms. The Bertz CT molecular complexity index is 655. The number of anilines is 1. The first kappa shape index (κ1) is 15.1. The molecule has 0 aliphatic rings. The van der Waals surface area contributed by atoms with Crippen LogP contribution in [0.15, 0.2) is 53.0 Å². The maximum Gasteiger partial charge on any atom is 0.335 e. The molecule has 2 N–H and O–H groups in total. The van der Waals surface area contributed by atoms with E-state index in [0.29, 0.717) is 11.4 Å². The van der Waals surface area contributed by atoms with Crippen LogP contribution in [0.1, 0.15) is 10.4 Å². The third kappa shape index (κ3) is 4.61. The van der Waals surface area contributed by atoms with Gasteiger partial charge in [0.25, 0.3) is 5.91 Å². The summed E-state index contributed by atoms with van der Waals surface area (Å²) in [7, 11) is 0. The number of aromatic carboxylic acids is 1. The van der Waals surface area contributed by atoms with Gasteiger partial charge in [0.15, 0.2) is 6.61 Å². The van der Waals surface area contributed by atoms with E-state index in [2.05, 4.69) is 21.2 Å². The number of ether oxygens (including phenoxy) is 1. The molecule has 2 aromatic rings. The van der Waals surface area contributed by atoms with E-state index in [1.807, 2.05) is 12.1 Å². The average molecular weight is 350 g/mol. The Balaban J connectivity index is 1.87. The Labute approximate surface area is 129 Å². The molecule has 0 heterocycles. The molecule has 108 valence electrons. The van der Waals surface area contributed by atoms with Gasteiger partial charge < -0.3 is 15.2 Å². The number of carboxylic acids is 1. The molecule has 0 aliphatic carbocycles. The lowest BCUT2D eigenvalue weighted by Crippen LogP contribution is -2.20. The molecule has 0 aliphatic heterocycles. The van der Waals surface area contributed by atoms with Gasteiger partial charge in [0, 0.05) is 10.2 Å². The maximum atomic E-state index is 11.7.